The highest BCUT2D eigenvalue weighted by Crippen LogP contribution is 2.07. The molecule has 1 aromatic heterocycles. The van der Waals surface area contributed by atoms with E-state index in [1.54, 1.807) is 9.80 Å². The maximum absolute atomic E-state index is 12.3. The highest BCUT2D eigenvalue weighted by molar-refractivity contribution is 5.90. The quantitative estimate of drug-likeness (QED) is 0.832. The summed E-state index contributed by atoms with van der Waals surface area (Å²) in [5.41, 5.74) is 0. The Morgan fingerprint density at radius 2 is 1.86 bits per heavy atom. The number of aryl methyl sites for hydroxylation is 1. The molecule has 0 unspecified atom stereocenters. The minimum absolute atomic E-state index is 0.0762. The number of carbonyl (C=O) groups is 2. The number of aromatic nitrogens is 3. The van der Waals surface area contributed by atoms with E-state index >= 15 is 0 Å². The molecule has 1 aliphatic rings. The first-order valence-corrected chi connectivity index (χ1v) is 7.39. The molecule has 2 N–H and O–H groups in total. The summed E-state index contributed by atoms with van der Waals surface area (Å²) in [5.74, 6) is 0.774. The summed E-state index contributed by atoms with van der Waals surface area (Å²) in [6.45, 7) is 6.61. The highest BCUT2D eigenvalue weighted by atomic mass is 16.2. The van der Waals surface area contributed by atoms with Crippen molar-refractivity contribution in [1.82, 2.24) is 30.3 Å². The van der Waals surface area contributed by atoms with Gasteiger partial charge in [0.1, 0.15) is 5.82 Å². The summed E-state index contributed by atoms with van der Waals surface area (Å²) in [7, 11) is 0. The van der Waals surface area contributed by atoms with Gasteiger partial charge in [0.2, 0.25) is 5.82 Å². The molecule has 3 amide bonds. The molecule has 8 nitrogen and oxygen atoms in total. The predicted octanol–water partition coefficient (Wildman–Crippen LogP) is 0.245. The van der Waals surface area contributed by atoms with Crippen LogP contribution >= 0.6 is 0 Å². The molecule has 2 rings (SSSR count). The summed E-state index contributed by atoms with van der Waals surface area (Å²) in [4.78, 5) is 31.6. The lowest BCUT2D eigenvalue weighted by Gasteiger charge is -2.34. The van der Waals surface area contributed by atoms with E-state index in [-0.39, 0.29) is 17.8 Å². The number of piperazine rings is 1. The van der Waals surface area contributed by atoms with Gasteiger partial charge in [0.25, 0.3) is 5.91 Å². The number of rotatable bonds is 4. The zero-order valence-electron chi connectivity index (χ0n) is 12.6. The Morgan fingerprint density at radius 3 is 2.48 bits per heavy atom. The Labute approximate surface area is 123 Å². The fourth-order valence-corrected chi connectivity index (χ4v) is 2.26. The second kappa shape index (κ2) is 7.05. The Balaban J connectivity index is 1.89. The van der Waals surface area contributed by atoms with Gasteiger partial charge in [-0.2, -0.15) is 0 Å². The second-order valence-electron chi connectivity index (χ2n) is 4.97. The molecule has 8 heteroatoms. The average molecular weight is 294 g/mol. The molecule has 0 aliphatic carbocycles. The number of H-pyrrole nitrogens is 1. The zero-order chi connectivity index (χ0) is 15.2. The minimum atomic E-state index is -0.177. The van der Waals surface area contributed by atoms with E-state index in [9.17, 15) is 9.59 Å². The van der Waals surface area contributed by atoms with Crippen LogP contribution in [0.15, 0.2) is 0 Å². The van der Waals surface area contributed by atoms with Crippen molar-refractivity contribution in [2.45, 2.75) is 26.7 Å². The summed E-state index contributed by atoms with van der Waals surface area (Å²) in [6.07, 6.45) is 1.74. The van der Waals surface area contributed by atoms with Crippen LogP contribution in [-0.2, 0) is 6.42 Å². The first-order chi connectivity index (χ1) is 10.2. The third kappa shape index (κ3) is 3.71. The summed E-state index contributed by atoms with van der Waals surface area (Å²) < 4.78 is 0. The van der Waals surface area contributed by atoms with Crippen LogP contribution in [0.3, 0.4) is 0 Å². The van der Waals surface area contributed by atoms with Crippen molar-refractivity contribution < 1.29 is 9.59 Å². The van der Waals surface area contributed by atoms with Crippen LogP contribution in [0.1, 0.15) is 36.7 Å². The fourth-order valence-electron chi connectivity index (χ4n) is 2.26. The topological polar surface area (TPSA) is 94.2 Å². The van der Waals surface area contributed by atoms with E-state index in [4.69, 9.17) is 0 Å². The molecular weight excluding hydrogens is 272 g/mol. The number of hydrogen-bond donors (Lipinski definition) is 2. The third-order valence-corrected chi connectivity index (χ3v) is 3.39. The van der Waals surface area contributed by atoms with Crippen LogP contribution in [0.4, 0.5) is 4.79 Å². The molecule has 0 saturated carbocycles. The van der Waals surface area contributed by atoms with Gasteiger partial charge in [-0.3, -0.25) is 9.89 Å². The Bertz CT molecular complexity index is 493. The van der Waals surface area contributed by atoms with Crippen LogP contribution in [0, 0.1) is 0 Å². The normalized spacial score (nSPS) is 15.1. The lowest BCUT2D eigenvalue weighted by Crippen LogP contribution is -2.53. The number of nitrogens with zero attached hydrogens (tertiary/aromatic N) is 4. The largest absolute Gasteiger partial charge is 0.338 e. The van der Waals surface area contributed by atoms with E-state index in [0.717, 1.165) is 18.7 Å². The predicted molar refractivity (Wildman–Crippen MR) is 76.9 cm³/mol. The molecule has 1 fully saturated rings. The molecule has 1 aliphatic heterocycles. The van der Waals surface area contributed by atoms with Gasteiger partial charge in [-0.1, -0.05) is 6.92 Å². The Kier molecular flexibility index (Phi) is 5.13. The van der Waals surface area contributed by atoms with Gasteiger partial charge >= 0.3 is 6.03 Å². The van der Waals surface area contributed by atoms with Gasteiger partial charge in [-0.05, 0) is 13.3 Å². The van der Waals surface area contributed by atoms with Crippen LogP contribution < -0.4 is 5.32 Å². The highest BCUT2D eigenvalue weighted by Gasteiger charge is 2.26. The third-order valence-electron chi connectivity index (χ3n) is 3.39. The van der Waals surface area contributed by atoms with E-state index in [1.807, 2.05) is 13.8 Å². The molecule has 0 aromatic carbocycles. The second-order valence-corrected chi connectivity index (χ2v) is 4.97. The SMILES string of the molecule is CCCc1nc(C(=O)N2CCN(C(=O)NCC)CC2)n[nH]1. The number of hydrogen-bond acceptors (Lipinski definition) is 4. The van der Waals surface area contributed by atoms with Crippen LogP contribution in [-0.4, -0.2) is 69.6 Å². The molecule has 0 radical (unpaired) electrons. The van der Waals surface area contributed by atoms with Gasteiger partial charge in [0.15, 0.2) is 0 Å². The van der Waals surface area contributed by atoms with Crippen molar-refractivity contribution in [3.05, 3.63) is 11.6 Å². The van der Waals surface area contributed by atoms with Gasteiger partial charge < -0.3 is 15.1 Å². The Morgan fingerprint density at radius 1 is 1.19 bits per heavy atom. The molecule has 0 spiro atoms. The van der Waals surface area contributed by atoms with Crippen molar-refractivity contribution in [3.8, 4) is 0 Å². The monoisotopic (exact) mass is 294 g/mol. The molecular formula is C13H22N6O2. The Hall–Kier alpha value is -2.12. The first kappa shape index (κ1) is 15.3. The van der Waals surface area contributed by atoms with Crippen LogP contribution in [0.2, 0.25) is 0 Å². The molecule has 2 heterocycles. The summed E-state index contributed by atoms with van der Waals surface area (Å²) >= 11 is 0. The number of nitrogens with one attached hydrogen (secondary N) is 2. The zero-order valence-corrected chi connectivity index (χ0v) is 12.6. The molecule has 1 saturated heterocycles. The summed E-state index contributed by atoms with van der Waals surface area (Å²) in [6, 6.07) is -0.0762. The van der Waals surface area contributed by atoms with Gasteiger partial charge in [0.05, 0.1) is 0 Å². The van der Waals surface area contributed by atoms with Crippen LogP contribution in [0.5, 0.6) is 0 Å². The molecule has 116 valence electrons. The minimum Gasteiger partial charge on any atom is -0.338 e. The van der Waals surface area contributed by atoms with Crippen molar-refractivity contribution >= 4 is 11.9 Å². The van der Waals surface area contributed by atoms with Gasteiger partial charge in [-0.15, -0.1) is 5.10 Å². The first-order valence-electron chi connectivity index (χ1n) is 7.39. The number of amides is 3. The standard InChI is InChI=1S/C13H22N6O2/c1-3-5-10-15-11(17-16-10)12(20)18-6-8-19(9-7-18)13(21)14-4-2/h3-9H2,1-2H3,(H,14,21)(H,15,16,17). The lowest BCUT2D eigenvalue weighted by molar-refractivity contribution is 0.0653. The van der Waals surface area contributed by atoms with E-state index in [2.05, 4.69) is 20.5 Å². The van der Waals surface area contributed by atoms with Crippen molar-refractivity contribution in [2.24, 2.45) is 0 Å². The van der Waals surface area contributed by atoms with Gasteiger partial charge in [-0.25, -0.2) is 9.78 Å². The van der Waals surface area contributed by atoms with E-state index in [0.29, 0.717) is 32.7 Å². The molecule has 1 aromatic rings. The molecule has 0 atom stereocenters. The van der Waals surface area contributed by atoms with Crippen molar-refractivity contribution in [2.75, 3.05) is 32.7 Å². The van der Waals surface area contributed by atoms with Crippen molar-refractivity contribution in [1.29, 1.82) is 0 Å². The molecule has 0 bridgehead atoms. The number of urea groups is 1. The lowest BCUT2D eigenvalue weighted by atomic mass is 10.3. The summed E-state index contributed by atoms with van der Waals surface area (Å²) in [5, 5.41) is 9.52. The molecule has 21 heavy (non-hydrogen) atoms. The number of aromatic amines is 1. The van der Waals surface area contributed by atoms with Crippen molar-refractivity contribution in [3.63, 3.8) is 0 Å². The van der Waals surface area contributed by atoms with Gasteiger partial charge in [0, 0.05) is 39.1 Å². The number of carbonyl (C=O) groups excluding carboxylic acids is 2. The smallest absolute Gasteiger partial charge is 0.317 e. The average Bonchev–Trinajstić information content (AvgIpc) is 2.96. The maximum Gasteiger partial charge on any atom is 0.317 e. The van der Waals surface area contributed by atoms with E-state index < -0.39 is 0 Å². The maximum atomic E-state index is 12.3. The van der Waals surface area contributed by atoms with Crippen LogP contribution in [0.25, 0.3) is 0 Å². The van der Waals surface area contributed by atoms with E-state index in [1.165, 1.54) is 0 Å². The fraction of sp³-hybridized carbons (Fsp3) is 0.692.